The zero-order valence-electron chi connectivity index (χ0n) is 84.1. The Kier molecular flexibility index (Phi) is 12.7. The van der Waals surface area contributed by atoms with E-state index < -0.39 is 120 Å². The van der Waals surface area contributed by atoms with Gasteiger partial charge in [0, 0.05) is 111 Å². The highest BCUT2D eigenvalue weighted by molar-refractivity contribution is 7.00. The molecule has 0 unspecified atom stereocenters. The van der Waals surface area contributed by atoms with Gasteiger partial charge < -0.3 is 27.8 Å². The van der Waals surface area contributed by atoms with Crippen LogP contribution < -0.4 is 26.2 Å². The van der Waals surface area contributed by atoms with Crippen LogP contribution in [0.1, 0.15) is 101 Å². The molecule has 0 aliphatic carbocycles. The maximum Gasteiger partial charge on any atom is 0.252 e. The third-order valence-electron chi connectivity index (χ3n) is 24.8. The lowest BCUT2D eigenvalue weighted by Gasteiger charge is -2.47. The molecule has 2 aliphatic rings. The molecule has 17 aromatic carbocycles. The van der Waals surface area contributed by atoms with E-state index in [0.717, 1.165) is 110 Å². The summed E-state index contributed by atoms with van der Waals surface area (Å²) >= 11 is 0. The second-order valence-electron chi connectivity index (χ2n) is 35.1. The molecule has 0 spiro atoms. The van der Waals surface area contributed by atoms with Crippen molar-refractivity contribution in [3.63, 3.8) is 0 Å². The van der Waals surface area contributed by atoms with Crippen LogP contribution in [-0.4, -0.2) is 15.8 Å². The monoisotopic (exact) mass is 1570 g/mol. The zero-order valence-corrected chi connectivity index (χ0v) is 68.1. The predicted molar refractivity (Wildman–Crippen MR) is 512 cm³/mol. The minimum atomic E-state index is -0.878. The van der Waals surface area contributed by atoms with Gasteiger partial charge in [0.15, 0.2) is 0 Å². The van der Waals surface area contributed by atoms with E-state index in [0.29, 0.717) is 67.4 Å². The molecule has 6 nitrogen and oxygen atoms in total. The van der Waals surface area contributed by atoms with Gasteiger partial charge >= 0.3 is 0 Å². The molecule has 0 atom stereocenters. The maximum absolute atomic E-state index is 10.1. The lowest BCUT2D eigenvalue weighted by atomic mass is 9.33. The SMILES string of the molecule is [2H]c1c([2H])c([2H])c2c(c1[2H])c1c([2H])c([2H])c([2H])c([2H])c1n2-c1ccc2c(c1)N(c1c(-c3ccccc3)cc(C(C)(C)C)cc1-c1cc(-c3ccccc3)cc3c1oc1ccccc13)c1cc(C(C)(C)C)cc3c1B2c1ccc(-n2c4c([2H])c([2H])c([2H])c([2H])c4c4c([2H])c([2H])c([2H])c([2H])c42)cc1N3c1c(-c2ccccc2)cc(C(C)(C)C)cc1-c1cc(-c2ccccc2)cc2c1oc1ccccc12. The van der Waals surface area contributed by atoms with Gasteiger partial charge in [0.2, 0.25) is 0 Å². The lowest BCUT2D eigenvalue weighted by Crippen LogP contribution is -2.61. The molecule has 4 aromatic heterocycles. The fourth-order valence-electron chi connectivity index (χ4n) is 18.9. The molecule has 0 fully saturated rings. The van der Waals surface area contributed by atoms with E-state index in [1.54, 1.807) is 9.13 Å². The number of furan rings is 2. The average Bonchev–Trinajstić information content (AvgIpc) is 1.44. The number of aromatic nitrogens is 2. The summed E-state index contributed by atoms with van der Waals surface area (Å²) in [5.74, 6) is 0. The predicted octanol–water partition coefficient (Wildman–Crippen LogP) is 29.7. The molecule has 7 heteroatoms. The smallest absolute Gasteiger partial charge is 0.252 e. The molecule has 23 rings (SSSR count). The van der Waals surface area contributed by atoms with E-state index in [1.807, 2.05) is 146 Å². The van der Waals surface area contributed by atoms with E-state index in [1.165, 1.54) is 0 Å². The van der Waals surface area contributed by atoms with Crippen molar-refractivity contribution in [2.75, 3.05) is 9.80 Å². The minimum absolute atomic E-state index is 0.0779. The third kappa shape index (κ3) is 11.4. The number of para-hydroxylation sites is 6. The maximum atomic E-state index is 10.1. The zero-order chi connectivity index (χ0) is 95.4. The highest BCUT2D eigenvalue weighted by Crippen LogP contribution is 2.58. The highest BCUT2D eigenvalue weighted by atomic mass is 16.3. The van der Waals surface area contributed by atoms with E-state index in [2.05, 4.69) is 193 Å². The molecule has 0 N–H and O–H groups in total. The molecule has 6 heterocycles. The van der Waals surface area contributed by atoms with E-state index in [4.69, 9.17) is 8.83 Å². The van der Waals surface area contributed by atoms with Gasteiger partial charge in [-0.1, -0.05) is 305 Å². The van der Waals surface area contributed by atoms with Crippen molar-refractivity contribution in [2.45, 2.75) is 78.6 Å². The van der Waals surface area contributed by atoms with E-state index in [-0.39, 0.29) is 55.0 Å². The first kappa shape index (κ1) is 56.9. The van der Waals surface area contributed by atoms with Crippen LogP contribution in [0, 0.1) is 0 Å². The number of nitrogens with zero attached hydrogens (tertiary/aromatic N) is 4. The molecule has 2 aliphatic heterocycles. The summed E-state index contributed by atoms with van der Waals surface area (Å²) < 4.78 is 173. The topological polar surface area (TPSA) is 42.6 Å². The standard InChI is InChI=1S/C114H87BN4O2/c1-112(2,3)76-62-87(72-38-18-12-19-39-72)108(89(64-76)93-60-74(70-34-14-10-15-35-70)58-91-85-46-26-32-52-105(85)120-110(91)93)118-101-68-79(116-97-48-28-22-42-81(97)82-43-23-29-49-98(82)116)54-56-95(101)115-96-57-55-80(117-99-50-30-24-44-83(99)84-45-25-31-51-100(84)117)69-102(96)119(104-67-78(114(7,8)9)66-103(118)107(104)115)109-88(73-40-20-13-21-41-73)63-77(113(4,5)6)65-90(109)94-61-75(71-36-16-11-17-37-71)59-92-86-47-27-33-53-106(86)121-111(92)94/h10-69H,1-9H3/i22D,23D,24D,25D,28D,29D,30D,31D,42D,43D,44D,45D,48D,49D,50D,51D. The lowest BCUT2D eigenvalue weighted by molar-refractivity contribution is 0.590. The summed E-state index contributed by atoms with van der Waals surface area (Å²) in [4.78, 5) is 4.71. The van der Waals surface area contributed by atoms with E-state index >= 15 is 0 Å². The second kappa shape index (κ2) is 27.1. The number of anilines is 6. The Bertz CT molecular complexity index is 8220. The van der Waals surface area contributed by atoms with Crippen LogP contribution in [0.25, 0.3) is 166 Å². The van der Waals surface area contributed by atoms with Crippen molar-refractivity contribution < 1.29 is 30.8 Å². The average molecular weight is 1570 g/mol. The van der Waals surface area contributed by atoms with Crippen molar-refractivity contribution in [1.82, 2.24) is 9.13 Å². The fourth-order valence-corrected chi connectivity index (χ4v) is 18.9. The first-order valence-electron chi connectivity index (χ1n) is 49.2. The molecule has 21 aromatic rings. The number of rotatable bonds is 10. The Hall–Kier alpha value is -14.4. The number of benzene rings is 17. The summed E-state index contributed by atoms with van der Waals surface area (Å²) in [6.07, 6.45) is 0. The third-order valence-corrected chi connectivity index (χ3v) is 24.8. The van der Waals surface area contributed by atoms with Crippen LogP contribution in [-0.2, 0) is 16.2 Å². The quantitative estimate of drug-likeness (QED) is 0.128. The van der Waals surface area contributed by atoms with Crippen LogP contribution in [0.15, 0.2) is 372 Å². The van der Waals surface area contributed by atoms with Crippen LogP contribution in [0.4, 0.5) is 34.1 Å². The van der Waals surface area contributed by atoms with Crippen molar-refractivity contribution in [3.05, 3.63) is 380 Å². The second-order valence-corrected chi connectivity index (χ2v) is 35.1. The van der Waals surface area contributed by atoms with Crippen molar-refractivity contribution in [1.29, 1.82) is 0 Å². The van der Waals surface area contributed by atoms with Crippen molar-refractivity contribution >= 4 is 145 Å². The summed E-state index contributed by atoms with van der Waals surface area (Å²) in [6.45, 7) is 19.0. The molecule has 0 bridgehead atoms. The summed E-state index contributed by atoms with van der Waals surface area (Å²) in [7, 11) is 0. The highest BCUT2D eigenvalue weighted by Gasteiger charge is 2.47. The first-order chi connectivity index (χ1) is 65.6. The molecule has 578 valence electrons. The normalized spacial score (nSPS) is 14.8. The molecular formula is C114H87BN4O2. The molecule has 0 saturated carbocycles. The molecule has 0 saturated heterocycles. The van der Waals surface area contributed by atoms with Gasteiger partial charge in [-0.3, -0.25) is 0 Å². The Morgan fingerprint density at radius 3 is 0.950 bits per heavy atom. The van der Waals surface area contributed by atoms with Gasteiger partial charge in [-0.15, -0.1) is 0 Å². The summed E-state index contributed by atoms with van der Waals surface area (Å²) in [5.41, 5.74) is 19.8. The number of hydrogen-bond donors (Lipinski definition) is 0. The number of hydrogen-bond acceptors (Lipinski definition) is 4. The van der Waals surface area contributed by atoms with Gasteiger partial charge in [-0.05, 0) is 204 Å². The van der Waals surface area contributed by atoms with Crippen LogP contribution in [0.5, 0.6) is 0 Å². The van der Waals surface area contributed by atoms with Gasteiger partial charge in [0.1, 0.15) is 22.3 Å². The summed E-state index contributed by atoms with van der Waals surface area (Å²) in [5, 5.41) is 3.14. The molecule has 121 heavy (non-hydrogen) atoms. The van der Waals surface area contributed by atoms with Gasteiger partial charge in [-0.25, -0.2) is 0 Å². The molecular weight excluding hydrogens is 1470 g/mol. The van der Waals surface area contributed by atoms with E-state index in [9.17, 15) is 21.9 Å². The van der Waals surface area contributed by atoms with Crippen molar-refractivity contribution in [3.8, 4) is 78.1 Å². The van der Waals surface area contributed by atoms with Gasteiger partial charge in [0.05, 0.1) is 55.4 Å². The Labute approximate surface area is 727 Å². The Balaban J connectivity index is 0.957. The molecule has 0 amide bonds. The van der Waals surface area contributed by atoms with Crippen LogP contribution in [0.2, 0.25) is 0 Å². The van der Waals surface area contributed by atoms with Gasteiger partial charge in [-0.2, -0.15) is 0 Å². The minimum Gasteiger partial charge on any atom is -0.455 e. The Morgan fingerprint density at radius 1 is 0.264 bits per heavy atom. The molecule has 0 radical (unpaired) electrons. The largest absolute Gasteiger partial charge is 0.455 e. The summed E-state index contributed by atoms with van der Waals surface area (Å²) in [6, 6.07) is 83.3. The van der Waals surface area contributed by atoms with Crippen LogP contribution >= 0.6 is 0 Å². The van der Waals surface area contributed by atoms with Gasteiger partial charge in [0.25, 0.3) is 6.71 Å². The van der Waals surface area contributed by atoms with Crippen molar-refractivity contribution in [2.24, 2.45) is 0 Å². The first-order valence-corrected chi connectivity index (χ1v) is 41.2. The van der Waals surface area contributed by atoms with Crippen LogP contribution in [0.3, 0.4) is 0 Å². The fraction of sp³-hybridized carbons (Fsp3) is 0.105. The Morgan fingerprint density at radius 2 is 0.587 bits per heavy atom. The number of fused-ring (bicyclic) bond motifs is 16.